The van der Waals surface area contributed by atoms with Crippen LogP contribution in [0.3, 0.4) is 0 Å². The number of hydrogen-bond donors (Lipinski definition) is 1. The molecule has 3 rings (SSSR count). The van der Waals surface area contributed by atoms with E-state index in [0.717, 1.165) is 12.1 Å². The van der Waals surface area contributed by atoms with Gasteiger partial charge in [-0.15, -0.1) is 0 Å². The standard InChI is InChI=1S/C16H10F4N2O3S/c17-11-8-10(6-7-12(11)26(21,23)24)13-14(9-4-2-1-3-5-9)22-25-15(13)16(18,19)20/h1-8H,(H2,21,23,24). The zero-order valence-corrected chi connectivity index (χ0v) is 13.6. The Kier molecular flexibility index (Phi) is 4.32. The van der Waals surface area contributed by atoms with Gasteiger partial charge in [-0.05, 0) is 17.7 Å². The lowest BCUT2D eigenvalue weighted by atomic mass is 9.99. The minimum absolute atomic E-state index is 0.152. The molecule has 1 heterocycles. The molecule has 5 nitrogen and oxygen atoms in total. The summed E-state index contributed by atoms with van der Waals surface area (Å²) in [6, 6.07) is 10.3. The van der Waals surface area contributed by atoms with Crippen LogP contribution >= 0.6 is 0 Å². The molecule has 0 aliphatic rings. The average molecular weight is 386 g/mol. The van der Waals surface area contributed by atoms with Gasteiger partial charge in [-0.2, -0.15) is 13.2 Å². The summed E-state index contributed by atoms with van der Waals surface area (Å²) in [6.45, 7) is 0. The van der Waals surface area contributed by atoms with E-state index in [-0.39, 0.29) is 11.3 Å². The van der Waals surface area contributed by atoms with Crippen molar-refractivity contribution in [2.24, 2.45) is 5.14 Å². The van der Waals surface area contributed by atoms with Gasteiger partial charge in [-0.3, -0.25) is 0 Å². The largest absolute Gasteiger partial charge is 0.453 e. The highest BCUT2D eigenvalue weighted by molar-refractivity contribution is 7.89. The summed E-state index contributed by atoms with van der Waals surface area (Å²) in [5.74, 6) is -2.70. The third-order valence-corrected chi connectivity index (χ3v) is 4.47. The maximum atomic E-state index is 14.1. The molecule has 136 valence electrons. The summed E-state index contributed by atoms with van der Waals surface area (Å²) in [7, 11) is -4.36. The van der Waals surface area contributed by atoms with E-state index >= 15 is 0 Å². The smallest absolute Gasteiger partial charge is 0.350 e. The molecule has 0 fully saturated rings. The van der Waals surface area contributed by atoms with Gasteiger partial charge in [0.25, 0.3) is 0 Å². The van der Waals surface area contributed by atoms with E-state index in [1.165, 1.54) is 12.1 Å². The van der Waals surface area contributed by atoms with Crippen molar-refractivity contribution < 1.29 is 30.5 Å². The fourth-order valence-corrected chi connectivity index (χ4v) is 3.02. The number of alkyl halides is 3. The summed E-state index contributed by atoms with van der Waals surface area (Å²) >= 11 is 0. The third-order valence-electron chi connectivity index (χ3n) is 3.52. The first-order chi connectivity index (χ1) is 12.1. The lowest BCUT2D eigenvalue weighted by Gasteiger charge is -2.09. The van der Waals surface area contributed by atoms with Gasteiger partial charge in [0, 0.05) is 5.56 Å². The number of halogens is 4. The highest BCUT2D eigenvalue weighted by Gasteiger charge is 2.41. The van der Waals surface area contributed by atoms with Crippen molar-refractivity contribution in [3.05, 3.63) is 60.1 Å². The van der Waals surface area contributed by atoms with Crippen molar-refractivity contribution in [3.8, 4) is 22.4 Å². The second kappa shape index (κ2) is 6.22. The number of nitrogens with two attached hydrogens (primary N) is 1. The van der Waals surface area contributed by atoms with E-state index in [9.17, 15) is 26.0 Å². The molecular weight excluding hydrogens is 376 g/mol. The van der Waals surface area contributed by atoms with Gasteiger partial charge in [0.05, 0.1) is 5.56 Å². The van der Waals surface area contributed by atoms with Crippen molar-refractivity contribution >= 4 is 10.0 Å². The Hall–Kier alpha value is -2.72. The third kappa shape index (κ3) is 3.33. The highest BCUT2D eigenvalue weighted by Crippen LogP contribution is 2.42. The molecule has 0 unspecified atom stereocenters. The molecule has 10 heteroatoms. The Labute approximate surface area is 145 Å². The summed E-state index contributed by atoms with van der Waals surface area (Å²) in [5, 5.41) is 8.34. The molecule has 2 aromatic carbocycles. The number of hydrogen-bond acceptors (Lipinski definition) is 4. The van der Waals surface area contributed by atoms with Crippen LogP contribution in [-0.4, -0.2) is 13.6 Å². The van der Waals surface area contributed by atoms with Crippen LogP contribution in [0.1, 0.15) is 5.76 Å². The predicted molar refractivity (Wildman–Crippen MR) is 83.7 cm³/mol. The first kappa shape index (κ1) is 18.1. The van der Waals surface area contributed by atoms with Crippen LogP contribution in [0.2, 0.25) is 0 Å². The van der Waals surface area contributed by atoms with E-state index in [2.05, 4.69) is 9.68 Å². The van der Waals surface area contributed by atoms with Crippen LogP contribution in [0.15, 0.2) is 57.9 Å². The molecule has 0 saturated carbocycles. The summed E-state index contributed by atoms with van der Waals surface area (Å²) < 4.78 is 81.0. The molecule has 0 bridgehead atoms. The molecule has 0 saturated heterocycles. The molecule has 3 aromatic rings. The van der Waals surface area contributed by atoms with Crippen LogP contribution < -0.4 is 5.14 Å². The Morgan fingerprint density at radius 2 is 1.65 bits per heavy atom. The van der Waals surface area contributed by atoms with Crippen LogP contribution in [0.25, 0.3) is 22.4 Å². The Morgan fingerprint density at radius 1 is 1.00 bits per heavy atom. The molecule has 0 radical (unpaired) electrons. The van der Waals surface area contributed by atoms with Gasteiger partial charge in [-0.1, -0.05) is 41.6 Å². The fraction of sp³-hybridized carbons (Fsp3) is 0.0625. The number of benzene rings is 2. The Morgan fingerprint density at radius 3 is 2.19 bits per heavy atom. The van der Waals surface area contributed by atoms with E-state index in [4.69, 9.17) is 5.14 Å². The average Bonchev–Trinajstić information content (AvgIpc) is 2.99. The van der Waals surface area contributed by atoms with Crippen LogP contribution in [0.5, 0.6) is 0 Å². The Balaban J connectivity index is 2.27. The van der Waals surface area contributed by atoms with Crippen LogP contribution in [0.4, 0.5) is 17.6 Å². The van der Waals surface area contributed by atoms with Crippen molar-refractivity contribution in [3.63, 3.8) is 0 Å². The number of rotatable bonds is 3. The van der Waals surface area contributed by atoms with Crippen molar-refractivity contribution in [1.29, 1.82) is 0 Å². The molecule has 0 aliphatic heterocycles. The second-order valence-corrected chi connectivity index (χ2v) is 6.82. The number of nitrogens with zero attached hydrogens (tertiary/aromatic N) is 1. The van der Waals surface area contributed by atoms with Crippen LogP contribution in [0, 0.1) is 5.82 Å². The normalized spacial score (nSPS) is 12.3. The summed E-state index contributed by atoms with van der Waals surface area (Å²) in [5.41, 5.74) is -0.579. The SMILES string of the molecule is NS(=O)(=O)c1ccc(-c2c(-c3ccccc3)noc2C(F)(F)F)cc1F. The maximum absolute atomic E-state index is 14.1. The molecule has 0 aliphatic carbocycles. The van der Waals surface area contributed by atoms with E-state index in [1.54, 1.807) is 18.2 Å². The number of primary sulfonamides is 1. The van der Waals surface area contributed by atoms with E-state index in [0.29, 0.717) is 11.6 Å². The minimum atomic E-state index is -4.88. The molecule has 26 heavy (non-hydrogen) atoms. The van der Waals surface area contributed by atoms with E-state index < -0.39 is 38.2 Å². The van der Waals surface area contributed by atoms with Crippen molar-refractivity contribution in [2.45, 2.75) is 11.1 Å². The number of aromatic nitrogens is 1. The molecule has 1 aromatic heterocycles. The molecule has 0 spiro atoms. The van der Waals surface area contributed by atoms with Gasteiger partial charge >= 0.3 is 6.18 Å². The maximum Gasteiger partial charge on any atom is 0.453 e. The lowest BCUT2D eigenvalue weighted by molar-refractivity contribution is -0.154. The first-order valence-electron chi connectivity index (χ1n) is 7.04. The van der Waals surface area contributed by atoms with Crippen LogP contribution in [-0.2, 0) is 16.2 Å². The van der Waals surface area contributed by atoms with Crippen molar-refractivity contribution in [1.82, 2.24) is 5.16 Å². The zero-order valence-electron chi connectivity index (χ0n) is 12.8. The molecule has 0 amide bonds. The van der Waals surface area contributed by atoms with E-state index in [1.807, 2.05) is 0 Å². The van der Waals surface area contributed by atoms with Gasteiger partial charge in [-0.25, -0.2) is 17.9 Å². The summed E-state index contributed by atoms with van der Waals surface area (Å²) in [4.78, 5) is -0.826. The first-order valence-corrected chi connectivity index (χ1v) is 8.58. The fourth-order valence-electron chi connectivity index (χ4n) is 2.43. The minimum Gasteiger partial charge on any atom is -0.350 e. The van der Waals surface area contributed by atoms with Gasteiger partial charge < -0.3 is 4.52 Å². The van der Waals surface area contributed by atoms with Crippen molar-refractivity contribution in [2.75, 3.05) is 0 Å². The monoisotopic (exact) mass is 386 g/mol. The Bertz CT molecular complexity index is 1060. The lowest BCUT2D eigenvalue weighted by Crippen LogP contribution is -2.14. The molecular formula is C16H10F4N2O3S. The number of sulfonamides is 1. The summed E-state index contributed by atoms with van der Waals surface area (Å²) in [6.07, 6.45) is -4.88. The predicted octanol–water partition coefficient (Wildman–Crippen LogP) is 3.81. The highest BCUT2D eigenvalue weighted by atomic mass is 32.2. The van der Waals surface area contributed by atoms with Gasteiger partial charge in [0.1, 0.15) is 16.4 Å². The zero-order chi connectivity index (χ0) is 19.1. The van der Waals surface area contributed by atoms with Gasteiger partial charge in [0.15, 0.2) is 0 Å². The topological polar surface area (TPSA) is 86.2 Å². The van der Waals surface area contributed by atoms with Gasteiger partial charge in [0.2, 0.25) is 15.8 Å². The molecule has 2 N–H and O–H groups in total. The second-order valence-electron chi connectivity index (χ2n) is 5.29. The molecule has 0 atom stereocenters. The quantitative estimate of drug-likeness (QED) is 0.694.